The highest BCUT2D eigenvalue weighted by Gasteiger charge is 2.08. The Balaban J connectivity index is 0.00000180. The van der Waals surface area contributed by atoms with Crippen LogP contribution in [0.2, 0.25) is 0 Å². The van der Waals surface area contributed by atoms with Crippen LogP contribution < -0.4 is 11.1 Å². The molecule has 0 fully saturated rings. The van der Waals surface area contributed by atoms with Crippen molar-refractivity contribution in [2.24, 2.45) is 5.73 Å². The molecule has 0 saturated heterocycles. The number of halogens is 1. The van der Waals surface area contributed by atoms with Crippen molar-refractivity contribution < 1.29 is 4.79 Å². The first-order chi connectivity index (χ1) is 8.65. The summed E-state index contributed by atoms with van der Waals surface area (Å²) in [5.41, 5.74) is 6.13. The third kappa shape index (κ3) is 4.31. The maximum absolute atomic E-state index is 11.5. The summed E-state index contributed by atoms with van der Waals surface area (Å²) in [6.45, 7) is 1.78. The largest absolute Gasteiger partial charge is 0.327 e. The van der Waals surface area contributed by atoms with Crippen LogP contribution >= 0.6 is 12.4 Å². The minimum Gasteiger partial charge on any atom is -0.327 e. The van der Waals surface area contributed by atoms with Gasteiger partial charge >= 0.3 is 0 Å². The van der Waals surface area contributed by atoms with Crippen LogP contribution in [-0.2, 0) is 4.79 Å². The minimum atomic E-state index is -0.169. The lowest BCUT2D eigenvalue weighted by molar-refractivity contribution is -0.116. The molecule has 2 aromatic rings. The van der Waals surface area contributed by atoms with Crippen LogP contribution in [0.25, 0.3) is 5.95 Å². The predicted molar refractivity (Wildman–Crippen MR) is 73.3 cm³/mol. The van der Waals surface area contributed by atoms with Crippen LogP contribution in [0, 0.1) is 0 Å². The molecule has 8 heteroatoms. The average molecular weight is 283 g/mol. The Labute approximate surface area is 116 Å². The molecule has 0 bridgehead atoms. The van der Waals surface area contributed by atoms with Crippen molar-refractivity contribution in [2.45, 2.75) is 19.4 Å². The summed E-state index contributed by atoms with van der Waals surface area (Å²) in [7, 11) is 0. The molecule has 1 amide bonds. The smallest absolute Gasteiger partial charge is 0.250 e. The molecular weight excluding hydrogens is 268 g/mol. The molecular formula is C11H15ClN6O. The van der Waals surface area contributed by atoms with Gasteiger partial charge in [0, 0.05) is 24.9 Å². The van der Waals surface area contributed by atoms with E-state index in [4.69, 9.17) is 5.73 Å². The standard InChI is InChI=1S/C11H14N6O.ClH/c1-8(12)5-10(18)16-9-6-15-17(7-9)11-13-3-2-4-14-11;/h2-4,6-8H,5,12H2,1H3,(H,16,18);1H. The van der Waals surface area contributed by atoms with Gasteiger partial charge in [0.2, 0.25) is 11.9 Å². The van der Waals surface area contributed by atoms with E-state index in [9.17, 15) is 4.79 Å². The first-order valence-corrected chi connectivity index (χ1v) is 5.52. The van der Waals surface area contributed by atoms with E-state index in [1.165, 1.54) is 10.9 Å². The van der Waals surface area contributed by atoms with Gasteiger partial charge in [-0.1, -0.05) is 0 Å². The van der Waals surface area contributed by atoms with Crippen molar-refractivity contribution >= 4 is 24.0 Å². The highest BCUT2D eigenvalue weighted by Crippen LogP contribution is 2.08. The second-order valence-corrected chi connectivity index (χ2v) is 3.95. The fraction of sp³-hybridized carbons (Fsp3) is 0.273. The van der Waals surface area contributed by atoms with Crippen molar-refractivity contribution in [3.05, 3.63) is 30.9 Å². The molecule has 0 aliphatic rings. The summed E-state index contributed by atoms with van der Waals surface area (Å²) in [5.74, 6) is 0.309. The zero-order valence-corrected chi connectivity index (χ0v) is 11.2. The quantitative estimate of drug-likeness (QED) is 0.862. The maximum Gasteiger partial charge on any atom is 0.250 e. The summed E-state index contributed by atoms with van der Waals surface area (Å²) in [5, 5.41) is 6.77. The van der Waals surface area contributed by atoms with Gasteiger partial charge in [0.05, 0.1) is 18.1 Å². The van der Waals surface area contributed by atoms with Crippen LogP contribution in [0.4, 0.5) is 5.69 Å². The van der Waals surface area contributed by atoms with Crippen LogP contribution in [0.5, 0.6) is 0 Å². The van der Waals surface area contributed by atoms with Gasteiger partial charge in [-0.25, -0.2) is 14.6 Å². The highest BCUT2D eigenvalue weighted by molar-refractivity contribution is 5.90. The summed E-state index contributed by atoms with van der Waals surface area (Å²) in [6, 6.07) is 1.55. The summed E-state index contributed by atoms with van der Waals surface area (Å²) >= 11 is 0. The van der Waals surface area contributed by atoms with Gasteiger partial charge in [0.15, 0.2) is 0 Å². The average Bonchev–Trinajstić information content (AvgIpc) is 2.77. The Bertz CT molecular complexity index is 527. The van der Waals surface area contributed by atoms with Crippen LogP contribution in [0.15, 0.2) is 30.9 Å². The van der Waals surface area contributed by atoms with Crippen molar-refractivity contribution in [2.75, 3.05) is 5.32 Å². The number of hydrogen-bond acceptors (Lipinski definition) is 5. The topological polar surface area (TPSA) is 98.7 Å². The van der Waals surface area contributed by atoms with Crippen molar-refractivity contribution in [1.82, 2.24) is 19.7 Å². The summed E-state index contributed by atoms with van der Waals surface area (Å²) in [6.07, 6.45) is 6.70. The van der Waals surface area contributed by atoms with Crippen LogP contribution in [0.3, 0.4) is 0 Å². The molecule has 2 heterocycles. The Hall–Kier alpha value is -1.99. The number of nitrogens with one attached hydrogen (secondary N) is 1. The Morgan fingerprint density at radius 3 is 2.79 bits per heavy atom. The van der Waals surface area contributed by atoms with E-state index in [2.05, 4.69) is 20.4 Å². The Morgan fingerprint density at radius 2 is 2.16 bits per heavy atom. The van der Waals surface area contributed by atoms with Crippen LogP contribution in [-0.4, -0.2) is 31.7 Å². The SMILES string of the molecule is CC(N)CC(=O)Nc1cnn(-c2ncccn2)c1.Cl. The molecule has 1 unspecified atom stereocenters. The molecule has 1 atom stereocenters. The van der Waals surface area contributed by atoms with Gasteiger partial charge in [0.25, 0.3) is 0 Å². The number of rotatable bonds is 4. The first-order valence-electron chi connectivity index (χ1n) is 5.52. The highest BCUT2D eigenvalue weighted by atomic mass is 35.5. The first kappa shape index (κ1) is 15.1. The zero-order valence-electron chi connectivity index (χ0n) is 10.4. The van der Waals surface area contributed by atoms with Crippen LogP contribution in [0.1, 0.15) is 13.3 Å². The molecule has 2 aromatic heterocycles. The maximum atomic E-state index is 11.5. The van der Waals surface area contributed by atoms with Gasteiger partial charge in [-0.05, 0) is 13.0 Å². The van der Waals surface area contributed by atoms with E-state index in [1.54, 1.807) is 31.6 Å². The summed E-state index contributed by atoms with van der Waals surface area (Å²) in [4.78, 5) is 19.6. The lowest BCUT2D eigenvalue weighted by atomic mass is 10.2. The molecule has 7 nitrogen and oxygen atoms in total. The Kier molecular flexibility index (Phi) is 5.40. The fourth-order valence-corrected chi connectivity index (χ4v) is 1.41. The zero-order chi connectivity index (χ0) is 13.0. The number of carbonyl (C=O) groups is 1. The summed E-state index contributed by atoms with van der Waals surface area (Å²) < 4.78 is 1.49. The van der Waals surface area contributed by atoms with Crippen molar-refractivity contribution in [3.8, 4) is 5.95 Å². The molecule has 3 N–H and O–H groups in total. The molecule has 0 radical (unpaired) electrons. The third-order valence-corrected chi connectivity index (χ3v) is 2.13. The van der Waals surface area contributed by atoms with Crippen molar-refractivity contribution in [3.63, 3.8) is 0 Å². The van der Waals surface area contributed by atoms with Gasteiger partial charge in [-0.2, -0.15) is 5.10 Å². The van der Waals surface area contributed by atoms with E-state index < -0.39 is 0 Å². The van der Waals surface area contributed by atoms with Gasteiger partial charge in [-0.3, -0.25) is 4.79 Å². The minimum absolute atomic E-state index is 0. The molecule has 102 valence electrons. The number of anilines is 1. The molecule has 0 aliphatic carbocycles. The second-order valence-electron chi connectivity index (χ2n) is 3.95. The van der Waals surface area contributed by atoms with Gasteiger partial charge < -0.3 is 11.1 Å². The second kappa shape index (κ2) is 6.81. The van der Waals surface area contributed by atoms with E-state index in [-0.39, 0.29) is 30.8 Å². The molecule has 0 aliphatic heterocycles. The molecule has 19 heavy (non-hydrogen) atoms. The van der Waals surface area contributed by atoms with E-state index in [0.717, 1.165) is 0 Å². The number of amides is 1. The number of nitrogens with zero attached hydrogens (tertiary/aromatic N) is 4. The van der Waals surface area contributed by atoms with Crippen molar-refractivity contribution in [1.29, 1.82) is 0 Å². The molecule has 0 saturated carbocycles. The van der Waals surface area contributed by atoms with Gasteiger partial charge in [0.1, 0.15) is 0 Å². The monoisotopic (exact) mass is 282 g/mol. The number of hydrogen-bond donors (Lipinski definition) is 2. The number of carbonyl (C=O) groups excluding carboxylic acids is 1. The number of aromatic nitrogens is 4. The lowest BCUT2D eigenvalue weighted by Crippen LogP contribution is -2.23. The molecule has 0 aromatic carbocycles. The predicted octanol–water partition coefficient (Wildman–Crippen LogP) is 0.760. The molecule has 2 rings (SSSR count). The van der Waals surface area contributed by atoms with E-state index in [0.29, 0.717) is 11.6 Å². The van der Waals surface area contributed by atoms with Gasteiger partial charge in [-0.15, -0.1) is 12.4 Å². The lowest BCUT2D eigenvalue weighted by Gasteiger charge is -2.04. The fourth-order valence-electron chi connectivity index (χ4n) is 1.41. The Morgan fingerprint density at radius 1 is 1.47 bits per heavy atom. The number of nitrogens with two attached hydrogens (primary N) is 1. The molecule has 0 spiro atoms. The van der Waals surface area contributed by atoms with E-state index >= 15 is 0 Å². The van der Waals surface area contributed by atoms with E-state index in [1.807, 2.05) is 0 Å². The third-order valence-electron chi connectivity index (χ3n) is 2.13. The normalized spacial score (nSPS) is 11.5.